The second kappa shape index (κ2) is 9.45. The number of para-hydroxylation sites is 1. The maximum absolute atomic E-state index is 12.9. The molecule has 0 aliphatic rings. The van der Waals surface area contributed by atoms with Crippen LogP contribution in [0.1, 0.15) is 16.1 Å². The van der Waals surface area contributed by atoms with Crippen LogP contribution in [0, 0.1) is 5.82 Å². The molecule has 154 valence electrons. The van der Waals surface area contributed by atoms with Crippen molar-refractivity contribution < 1.29 is 13.9 Å². The van der Waals surface area contributed by atoms with Crippen LogP contribution in [0.25, 0.3) is 0 Å². The zero-order valence-corrected chi connectivity index (χ0v) is 16.3. The number of anilines is 2. The van der Waals surface area contributed by atoms with Crippen LogP contribution >= 0.6 is 0 Å². The maximum atomic E-state index is 12.9. The van der Waals surface area contributed by atoms with Gasteiger partial charge in [-0.1, -0.05) is 24.3 Å². The van der Waals surface area contributed by atoms with E-state index in [-0.39, 0.29) is 17.4 Å². The summed E-state index contributed by atoms with van der Waals surface area (Å²) < 4.78 is 18.5. The van der Waals surface area contributed by atoms with Crippen LogP contribution in [0.4, 0.5) is 15.9 Å². The van der Waals surface area contributed by atoms with Crippen LogP contribution in [-0.4, -0.2) is 21.1 Å². The predicted octanol–water partition coefficient (Wildman–Crippen LogP) is 4.67. The number of hydrogen-bond donors (Lipinski definition) is 2. The molecule has 0 aliphatic heterocycles. The normalized spacial score (nSPS) is 10.4. The smallest absolute Gasteiger partial charge is 0.276 e. The summed E-state index contributed by atoms with van der Waals surface area (Å²) >= 11 is 0. The Hall–Kier alpha value is -4.33. The van der Waals surface area contributed by atoms with Crippen molar-refractivity contribution in [3.63, 3.8) is 0 Å². The number of nitrogens with one attached hydrogen (secondary N) is 2. The molecule has 4 rings (SSSR count). The SMILES string of the molecule is O=C(Nc1ccccc1)c1ccc(NCc2ccc(Oc3ccc(F)cc3)nc2)nn1. The summed E-state index contributed by atoms with van der Waals surface area (Å²) in [6.07, 6.45) is 1.67. The molecule has 8 heteroatoms. The van der Waals surface area contributed by atoms with Crippen molar-refractivity contribution in [1.82, 2.24) is 15.2 Å². The van der Waals surface area contributed by atoms with E-state index in [0.29, 0.717) is 29.7 Å². The summed E-state index contributed by atoms with van der Waals surface area (Å²) in [5.74, 6) is 0.791. The molecule has 0 fully saturated rings. The van der Waals surface area contributed by atoms with Gasteiger partial charge in [0.2, 0.25) is 5.88 Å². The van der Waals surface area contributed by atoms with E-state index in [2.05, 4.69) is 25.8 Å². The lowest BCUT2D eigenvalue weighted by molar-refractivity contribution is 0.102. The fourth-order valence-corrected chi connectivity index (χ4v) is 2.66. The number of carbonyl (C=O) groups is 1. The second-order valence-electron chi connectivity index (χ2n) is 6.54. The molecule has 4 aromatic rings. The van der Waals surface area contributed by atoms with E-state index in [4.69, 9.17) is 4.74 Å². The van der Waals surface area contributed by atoms with Crippen molar-refractivity contribution >= 4 is 17.4 Å². The summed E-state index contributed by atoms with van der Waals surface area (Å²) in [5.41, 5.74) is 1.81. The first-order valence-corrected chi connectivity index (χ1v) is 9.48. The minimum atomic E-state index is -0.328. The van der Waals surface area contributed by atoms with Crippen LogP contribution in [0.3, 0.4) is 0 Å². The van der Waals surface area contributed by atoms with Crippen molar-refractivity contribution in [2.75, 3.05) is 10.6 Å². The molecule has 0 bridgehead atoms. The molecule has 2 aromatic carbocycles. The predicted molar refractivity (Wildman–Crippen MR) is 114 cm³/mol. The van der Waals surface area contributed by atoms with Gasteiger partial charge in [0.1, 0.15) is 17.4 Å². The first-order chi connectivity index (χ1) is 15.2. The summed E-state index contributed by atoms with van der Waals surface area (Å²) in [5, 5.41) is 13.9. The Morgan fingerprint density at radius 2 is 1.71 bits per heavy atom. The fourth-order valence-electron chi connectivity index (χ4n) is 2.66. The minimum Gasteiger partial charge on any atom is -0.439 e. The van der Waals surface area contributed by atoms with Crippen LogP contribution in [0.2, 0.25) is 0 Å². The van der Waals surface area contributed by atoms with E-state index in [9.17, 15) is 9.18 Å². The van der Waals surface area contributed by atoms with Crippen molar-refractivity contribution in [3.05, 3.63) is 102 Å². The fraction of sp³-hybridized carbons (Fsp3) is 0.0435. The number of halogens is 1. The van der Waals surface area contributed by atoms with Gasteiger partial charge in [0.05, 0.1) is 0 Å². The summed E-state index contributed by atoms with van der Waals surface area (Å²) in [4.78, 5) is 16.5. The van der Waals surface area contributed by atoms with Gasteiger partial charge in [-0.15, -0.1) is 10.2 Å². The molecule has 2 N–H and O–H groups in total. The molecule has 0 unspecified atom stereocenters. The Balaban J connectivity index is 1.29. The standard InChI is InChI=1S/C23H18FN5O2/c24-17-7-9-19(10-8-17)31-22-13-6-16(15-26-22)14-25-21-12-11-20(28-29-21)23(30)27-18-4-2-1-3-5-18/h1-13,15H,14H2,(H,25,29)(H,27,30). The molecule has 0 aliphatic carbocycles. The van der Waals surface area contributed by atoms with E-state index in [1.165, 1.54) is 24.3 Å². The maximum Gasteiger partial charge on any atom is 0.276 e. The third-order valence-corrected chi connectivity index (χ3v) is 4.24. The van der Waals surface area contributed by atoms with Gasteiger partial charge in [-0.2, -0.15) is 0 Å². The molecule has 0 radical (unpaired) electrons. The Morgan fingerprint density at radius 3 is 2.39 bits per heavy atom. The van der Waals surface area contributed by atoms with Gasteiger partial charge in [-0.05, 0) is 54.1 Å². The monoisotopic (exact) mass is 415 g/mol. The zero-order valence-electron chi connectivity index (χ0n) is 16.3. The van der Waals surface area contributed by atoms with Crippen molar-refractivity contribution in [3.8, 4) is 11.6 Å². The number of nitrogens with zero attached hydrogens (tertiary/aromatic N) is 3. The van der Waals surface area contributed by atoms with Crippen LogP contribution in [-0.2, 0) is 6.54 Å². The van der Waals surface area contributed by atoms with E-state index in [1.54, 1.807) is 36.5 Å². The lowest BCUT2D eigenvalue weighted by atomic mass is 10.3. The number of rotatable bonds is 7. The van der Waals surface area contributed by atoms with Crippen molar-refractivity contribution in [1.29, 1.82) is 0 Å². The molecule has 0 spiro atoms. The third-order valence-electron chi connectivity index (χ3n) is 4.24. The topological polar surface area (TPSA) is 89.0 Å². The quantitative estimate of drug-likeness (QED) is 0.456. The van der Waals surface area contributed by atoms with Gasteiger partial charge in [0.25, 0.3) is 5.91 Å². The number of amides is 1. The number of pyridine rings is 1. The van der Waals surface area contributed by atoms with Gasteiger partial charge < -0.3 is 15.4 Å². The molecular weight excluding hydrogens is 397 g/mol. The largest absolute Gasteiger partial charge is 0.439 e. The van der Waals surface area contributed by atoms with E-state index in [0.717, 1.165) is 5.56 Å². The Kier molecular flexibility index (Phi) is 6.08. The number of ether oxygens (including phenoxy) is 1. The number of aromatic nitrogens is 3. The zero-order chi connectivity index (χ0) is 21.5. The summed E-state index contributed by atoms with van der Waals surface area (Å²) in [6.45, 7) is 0.466. The highest BCUT2D eigenvalue weighted by molar-refractivity contribution is 6.02. The summed E-state index contributed by atoms with van der Waals surface area (Å²) in [7, 11) is 0. The molecule has 1 amide bonds. The molecule has 7 nitrogen and oxygen atoms in total. The number of hydrogen-bond acceptors (Lipinski definition) is 6. The van der Waals surface area contributed by atoms with Gasteiger partial charge in [0, 0.05) is 24.5 Å². The Labute approximate surface area is 178 Å². The van der Waals surface area contributed by atoms with Gasteiger partial charge in [-0.3, -0.25) is 4.79 Å². The van der Waals surface area contributed by atoms with Crippen LogP contribution in [0.15, 0.2) is 85.1 Å². The molecule has 0 saturated carbocycles. The average Bonchev–Trinajstić information content (AvgIpc) is 2.81. The van der Waals surface area contributed by atoms with Crippen molar-refractivity contribution in [2.45, 2.75) is 6.54 Å². The number of benzene rings is 2. The molecule has 0 saturated heterocycles. The third kappa shape index (κ3) is 5.60. The lowest BCUT2D eigenvalue weighted by Crippen LogP contribution is -2.14. The Morgan fingerprint density at radius 1 is 0.903 bits per heavy atom. The summed E-state index contributed by atoms with van der Waals surface area (Å²) in [6, 6.07) is 21.7. The molecule has 2 aromatic heterocycles. The average molecular weight is 415 g/mol. The first kappa shape index (κ1) is 20.0. The van der Waals surface area contributed by atoms with Gasteiger partial charge in [0.15, 0.2) is 5.69 Å². The Bertz CT molecular complexity index is 1140. The molecular formula is C23H18FN5O2. The van der Waals surface area contributed by atoms with E-state index in [1.807, 2.05) is 24.3 Å². The second-order valence-corrected chi connectivity index (χ2v) is 6.54. The highest BCUT2D eigenvalue weighted by Crippen LogP contribution is 2.19. The molecule has 31 heavy (non-hydrogen) atoms. The van der Waals surface area contributed by atoms with Gasteiger partial charge >= 0.3 is 0 Å². The van der Waals surface area contributed by atoms with Crippen LogP contribution < -0.4 is 15.4 Å². The van der Waals surface area contributed by atoms with E-state index < -0.39 is 0 Å². The van der Waals surface area contributed by atoms with Gasteiger partial charge in [-0.25, -0.2) is 9.37 Å². The molecule has 2 heterocycles. The van der Waals surface area contributed by atoms with Crippen molar-refractivity contribution in [2.24, 2.45) is 0 Å². The minimum absolute atomic E-state index is 0.221. The van der Waals surface area contributed by atoms with E-state index >= 15 is 0 Å². The highest BCUT2D eigenvalue weighted by atomic mass is 19.1. The van der Waals surface area contributed by atoms with Crippen LogP contribution in [0.5, 0.6) is 11.6 Å². The highest BCUT2D eigenvalue weighted by Gasteiger charge is 2.08. The lowest BCUT2D eigenvalue weighted by Gasteiger charge is -2.08. The first-order valence-electron chi connectivity index (χ1n) is 9.48. The number of carbonyl (C=O) groups excluding carboxylic acids is 1. The molecule has 0 atom stereocenters.